The minimum absolute atomic E-state index is 0.0243. The van der Waals surface area contributed by atoms with Gasteiger partial charge in [-0.25, -0.2) is 9.82 Å². The fraction of sp³-hybridized carbons (Fsp3) is 0.125. The monoisotopic (exact) mass is 331 g/mol. The van der Waals surface area contributed by atoms with Gasteiger partial charge in [-0.3, -0.25) is 14.9 Å². The fourth-order valence-electron chi connectivity index (χ4n) is 1.77. The summed E-state index contributed by atoms with van der Waals surface area (Å²) in [5, 5.41) is 14.5. The molecule has 0 aliphatic rings. The van der Waals surface area contributed by atoms with Gasteiger partial charge in [-0.15, -0.1) is 0 Å². The summed E-state index contributed by atoms with van der Waals surface area (Å²) >= 11 is 0. The number of non-ortho nitro benzene ring substituents is 1. The van der Waals surface area contributed by atoms with Crippen molar-refractivity contribution in [3.63, 3.8) is 0 Å². The number of hydrogen-bond acceptors (Lipinski definition) is 5. The number of nitro benzene ring substituents is 1. The quantitative estimate of drug-likeness (QED) is 0.500. The number of hydrogen-bond donors (Lipinski definition) is 1. The van der Waals surface area contributed by atoms with Gasteiger partial charge in [0.15, 0.2) is 18.2 Å². The Hall–Kier alpha value is -3.29. The Labute approximate surface area is 136 Å². The molecule has 0 aromatic heterocycles. The molecule has 8 heteroatoms. The van der Waals surface area contributed by atoms with Gasteiger partial charge in [-0.2, -0.15) is 5.10 Å². The third kappa shape index (κ3) is 4.60. The molecule has 0 unspecified atom stereocenters. The lowest BCUT2D eigenvalue weighted by molar-refractivity contribution is -0.384. The van der Waals surface area contributed by atoms with Crippen molar-refractivity contribution in [2.75, 3.05) is 6.61 Å². The van der Waals surface area contributed by atoms with Crippen molar-refractivity contribution in [3.8, 4) is 5.75 Å². The lowest BCUT2D eigenvalue weighted by atomic mass is 10.1. The summed E-state index contributed by atoms with van der Waals surface area (Å²) < 4.78 is 18.4. The van der Waals surface area contributed by atoms with Gasteiger partial charge in [0, 0.05) is 12.1 Å². The van der Waals surface area contributed by atoms with E-state index in [0.717, 1.165) is 0 Å². The summed E-state index contributed by atoms with van der Waals surface area (Å²) in [6.45, 7) is 1.25. The molecule has 2 rings (SSSR count). The first-order valence-corrected chi connectivity index (χ1v) is 6.92. The molecule has 124 valence electrons. The second kappa shape index (κ2) is 7.82. The zero-order valence-corrected chi connectivity index (χ0v) is 12.7. The number of amides is 1. The predicted molar refractivity (Wildman–Crippen MR) is 85.3 cm³/mol. The second-order valence-electron chi connectivity index (χ2n) is 4.76. The van der Waals surface area contributed by atoms with Gasteiger partial charge in [-0.05, 0) is 36.8 Å². The number of carbonyl (C=O) groups is 1. The van der Waals surface area contributed by atoms with E-state index in [4.69, 9.17) is 4.74 Å². The molecule has 0 fully saturated rings. The van der Waals surface area contributed by atoms with E-state index >= 15 is 0 Å². The standard InChI is InChI=1S/C16H14FN3O4/c1-11(12-6-8-13(9-7-12)20(22)23)18-19-16(21)10-24-15-5-3-2-4-14(15)17/h2-9H,10H2,1H3,(H,19,21)/b18-11+. The van der Waals surface area contributed by atoms with Crippen LogP contribution in [-0.2, 0) is 4.79 Å². The van der Waals surface area contributed by atoms with Gasteiger partial charge in [-0.1, -0.05) is 12.1 Å². The van der Waals surface area contributed by atoms with Gasteiger partial charge in [0.1, 0.15) is 0 Å². The number of rotatable bonds is 6. The Bertz CT molecular complexity index is 775. The van der Waals surface area contributed by atoms with Crippen LogP contribution in [0.15, 0.2) is 53.6 Å². The van der Waals surface area contributed by atoms with Gasteiger partial charge in [0.25, 0.3) is 11.6 Å². The molecule has 24 heavy (non-hydrogen) atoms. The van der Waals surface area contributed by atoms with E-state index in [-0.39, 0.29) is 11.4 Å². The number of hydrazone groups is 1. The van der Waals surface area contributed by atoms with E-state index in [1.807, 2.05) is 0 Å². The molecule has 0 aliphatic heterocycles. The maximum absolute atomic E-state index is 13.3. The van der Waals surface area contributed by atoms with E-state index in [9.17, 15) is 19.3 Å². The number of carbonyl (C=O) groups excluding carboxylic acids is 1. The first kappa shape index (κ1) is 17.1. The molecule has 0 radical (unpaired) electrons. The van der Waals surface area contributed by atoms with Crippen molar-refractivity contribution in [1.82, 2.24) is 5.43 Å². The molecule has 0 spiro atoms. The van der Waals surface area contributed by atoms with Crippen LogP contribution in [0, 0.1) is 15.9 Å². The van der Waals surface area contributed by atoms with Crippen LogP contribution in [0.25, 0.3) is 0 Å². The highest BCUT2D eigenvalue weighted by molar-refractivity contribution is 5.99. The molecular formula is C16H14FN3O4. The summed E-state index contributed by atoms with van der Waals surface area (Å²) in [6.07, 6.45) is 0. The van der Waals surface area contributed by atoms with Gasteiger partial charge >= 0.3 is 0 Å². The summed E-state index contributed by atoms with van der Waals surface area (Å²) in [5.41, 5.74) is 3.33. The number of halogens is 1. The Balaban J connectivity index is 1.90. The molecule has 0 bridgehead atoms. The Morgan fingerprint density at radius 3 is 2.54 bits per heavy atom. The maximum atomic E-state index is 13.3. The van der Waals surface area contributed by atoms with Crippen molar-refractivity contribution in [3.05, 3.63) is 70.0 Å². The molecule has 0 heterocycles. The minimum atomic E-state index is -0.559. The number of nitro groups is 1. The first-order chi connectivity index (χ1) is 11.5. The highest BCUT2D eigenvalue weighted by Crippen LogP contribution is 2.15. The molecule has 2 aromatic carbocycles. The Morgan fingerprint density at radius 1 is 1.25 bits per heavy atom. The topological polar surface area (TPSA) is 93.8 Å². The van der Waals surface area contributed by atoms with E-state index < -0.39 is 23.3 Å². The van der Waals surface area contributed by atoms with Crippen molar-refractivity contribution in [2.45, 2.75) is 6.92 Å². The highest BCUT2D eigenvalue weighted by Gasteiger charge is 2.07. The summed E-state index contributed by atoms with van der Waals surface area (Å²) in [6, 6.07) is 11.5. The van der Waals surface area contributed by atoms with Crippen LogP contribution in [0.4, 0.5) is 10.1 Å². The zero-order chi connectivity index (χ0) is 17.5. The van der Waals surface area contributed by atoms with E-state index in [2.05, 4.69) is 10.5 Å². The summed E-state index contributed by atoms with van der Waals surface area (Å²) in [4.78, 5) is 21.7. The van der Waals surface area contributed by atoms with Crippen LogP contribution in [0.5, 0.6) is 5.75 Å². The van der Waals surface area contributed by atoms with Gasteiger partial charge < -0.3 is 4.74 Å². The van der Waals surface area contributed by atoms with Crippen LogP contribution in [-0.4, -0.2) is 23.1 Å². The molecule has 7 nitrogen and oxygen atoms in total. The molecule has 0 aliphatic carbocycles. The maximum Gasteiger partial charge on any atom is 0.277 e. The van der Waals surface area contributed by atoms with Crippen LogP contribution in [0.2, 0.25) is 0 Å². The predicted octanol–water partition coefficient (Wildman–Crippen LogP) is 2.65. The lowest BCUT2D eigenvalue weighted by Crippen LogP contribution is -2.25. The van der Waals surface area contributed by atoms with Gasteiger partial charge in [0.2, 0.25) is 0 Å². The molecule has 1 amide bonds. The van der Waals surface area contributed by atoms with Crippen molar-refractivity contribution in [1.29, 1.82) is 0 Å². The van der Waals surface area contributed by atoms with Crippen LogP contribution < -0.4 is 10.2 Å². The average Bonchev–Trinajstić information content (AvgIpc) is 2.59. The van der Waals surface area contributed by atoms with Crippen LogP contribution in [0.3, 0.4) is 0 Å². The Morgan fingerprint density at radius 2 is 1.92 bits per heavy atom. The smallest absolute Gasteiger partial charge is 0.277 e. The molecule has 2 aromatic rings. The normalized spacial score (nSPS) is 11.0. The lowest BCUT2D eigenvalue weighted by Gasteiger charge is -2.06. The zero-order valence-electron chi connectivity index (χ0n) is 12.7. The van der Waals surface area contributed by atoms with Crippen molar-refractivity contribution >= 4 is 17.3 Å². The van der Waals surface area contributed by atoms with Crippen molar-refractivity contribution < 1.29 is 18.8 Å². The van der Waals surface area contributed by atoms with Crippen molar-refractivity contribution in [2.24, 2.45) is 5.10 Å². The van der Waals surface area contributed by atoms with E-state index in [1.165, 1.54) is 42.5 Å². The minimum Gasteiger partial charge on any atom is -0.481 e. The largest absolute Gasteiger partial charge is 0.481 e. The summed E-state index contributed by atoms with van der Waals surface area (Å²) in [5.74, 6) is -1.14. The highest BCUT2D eigenvalue weighted by atomic mass is 19.1. The number of nitrogens with zero attached hydrogens (tertiary/aromatic N) is 2. The number of nitrogens with one attached hydrogen (secondary N) is 1. The molecule has 1 N–H and O–H groups in total. The van der Waals surface area contributed by atoms with E-state index in [0.29, 0.717) is 11.3 Å². The molecule has 0 atom stereocenters. The fourth-order valence-corrected chi connectivity index (χ4v) is 1.77. The number of ether oxygens (including phenoxy) is 1. The first-order valence-electron chi connectivity index (χ1n) is 6.92. The van der Waals surface area contributed by atoms with E-state index in [1.54, 1.807) is 13.0 Å². The number of para-hydroxylation sites is 1. The third-order valence-corrected chi connectivity index (χ3v) is 3.04. The average molecular weight is 331 g/mol. The summed E-state index contributed by atoms with van der Waals surface area (Å²) in [7, 11) is 0. The molecule has 0 saturated heterocycles. The Kier molecular flexibility index (Phi) is 5.56. The number of benzene rings is 2. The van der Waals surface area contributed by atoms with Gasteiger partial charge in [0.05, 0.1) is 10.6 Å². The molecule has 0 saturated carbocycles. The SMILES string of the molecule is C/C(=N\NC(=O)COc1ccccc1F)c1ccc([N+](=O)[O-])cc1. The second-order valence-corrected chi connectivity index (χ2v) is 4.76. The van der Waals surface area contributed by atoms with Crippen LogP contribution in [0.1, 0.15) is 12.5 Å². The third-order valence-electron chi connectivity index (χ3n) is 3.04. The van der Waals surface area contributed by atoms with Crippen LogP contribution >= 0.6 is 0 Å². The molecular weight excluding hydrogens is 317 g/mol.